The molecule has 2 heterocycles. The number of rotatable bonds is 4. The number of piperidine rings is 1. The lowest BCUT2D eigenvalue weighted by atomic mass is 9.95. The Morgan fingerprint density at radius 3 is 2.35 bits per heavy atom. The molecule has 1 N–H and O–H groups in total. The van der Waals surface area contributed by atoms with Crippen molar-refractivity contribution in [1.82, 2.24) is 9.97 Å². The molecule has 0 unspecified atom stereocenters. The number of para-hydroxylation sites is 1. The normalized spacial score (nSPS) is 15.0. The predicted octanol–water partition coefficient (Wildman–Crippen LogP) is 5.02. The number of nitrogens with one attached hydrogen (secondary N) is 1. The number of carbonyl (C=O) groups is 1. The van der Waals surface area contributed by atoms with Gasteiger partial charge in [0, 0.05) is 30.6 Å². The highest BCUT2D eigenvalue weighted by Gasteiger charge is 2.34. The summed E-state index contributed by atoms with van der Waals surface area (Å²) in [4.78, 5) is 23.4. The molecule has 1 aromatic heterocycles. The van der Waals surface area contributed by atoms with Crippen LogP contribution in [0.5, 0.6) is 0 Å². The standard InChI is InChI=1S/C23H21F3N4O/c24-23(25,26)18-8-4-5-9-19(18)29-22(31)17-10-12-30(13-11-17)21-14-20(27-15-28-21)16-6-2-1-3-7-16/h1-9,14-15,17H,10-13H2,(H,29,31). The van der Waals surface area contributed by atoms with Crippen LogP contribution in [0.1, 0.15) is 18.4 Å². The Morgan fingerprint density at radius 2 is 1.65 bits per heavy atom. The van der Waals surface area contributed by atoms with Gasteiger partial charge in [0.25, 0.3) is 0 Å². The van der Waals surface area contributed by atoms with Crippen molar-refractivity contribution < 1.29 is 18.0 Å². The molecular weight excluding hydrogens is 405 g/mol. The third kappa shape index (κ3) is 4.84. The fourth-order valence-electron chi connectivity index (χ4n) is 3.73. The van der Waals surface area contributed by atoms with E-state index in [4.69, 9.17) is 0 Å². The second kappa shape index (κ2) is 8.75. The van der Waals surface area contributed by atoms with Crippen molar-refractivity contribution in [3.63, 3.8) is 0 Å². The smallest absolute Gasteiger partial charge is 0.356 e. The Bertz CT molecular complexity index is 1050. The van der Waals surface area contributed by atoms with Crippen molar-refractivity contribution in [3.8, 4) is 11.3 Å². The van der Waals surface area contributed by atoms with Crippen LogP contribution in [0.4, 0.5) is 24.7 Å². The number of hydrogen-bond donors (Lipinski definition) is 1. The van der Waals surface area contributed by atoms with Crippen LogP contribution >= 0.6 is 0 Å². The molecule has 2 aromatic carbocycles. The van der Waals surface area contributed by atoms with Crippen LogP contribution in [0.3, 0.4) is 0 Å². The minimum Gasteiger partial charge on any atom is -0.356 e. The Hall–Kier alpha value is -3.42. The number of hydrogen-bond acceptors (Lipinski definition) is 4. The first kappa shape index (κ1) is 20.8. The molecule has 3 aromatic rings. The number of aromatic nitrogens is 2. The number of alkyl halides is 3. The van der Waals surface area contributed by atoms with Gasteiger partial charge in [0.05, 0.1) is 16.9 Å². The first-order valence-electron chi connectivity index (χ1n) is 10.0. The average Bonchev–Trinajstić information content (AvgIpc) is 2.79. The summed E-state index contributed by atoms with van der Waals surface area (Å²) < 4.78 is 39.5. The van der Waals surface area contributed by atoms with Crippen LogP contribution in [0.15, 0.2) is 67.0 Å². The fraction of sp³-hybridized carbons (Fsp3) is 0.261. The van der Waals surface area contributed by atoms with E-state index in [1.807, 2.05) is 36.4 Å². The number of nitrogens with zero attached hydrogens (tertiary/aromatic N) is 3. The van der Waals surface area contributed by atoms with Crippen LogP contribution < -0.4 is 10.2 Å². The minimum atomic E-state index is -4.52. The first-order valence-corrected chi connectivity index (χ1v) is 10.0. The zero-order valence-electron chi connectivity index (χ0n) is 16.6. The van der Waals surface area contributed by atoms with Crippen LogP contribution in [-0.2, 0) is 11.0 Å². The Labute approximate surface area is 178 Å². The number of amides is 1. The Kier molecular flexibility index (Phi) is 5.88. The quantitative estimate of drug-likeness (QED) is 0.637. The van der Waals surface area contributed by atoms with E-state index in [1.165, 1.54) is 24.5 Å². The van der Waals surface area contributed by atoms with Crippen molar-refractivity contribution in [2.75, 3.05) is 23.3 Å². The summed E-state index contributed by atoms with van der Waals surface area (Å²) in [6.07, 6.45) is -1.93. The Morgan fingerprint density at radius 1 is 0.968 bits per heavy atom. The molecule has 1 amide bonds. The second-order valence-corrected chi connectivity index (χ2v) is 7.42. The maximum Gasteiger partial charge on any atom is 0.418 e. The van der Waals surface area contributed by atoms with Gasteiger partial charge in [-0.3, -0.25) is 4.79 Å². The van der Waals surface area contributed by atoms with Crippen molar-refractivity contribution in [2.24, 2.45) is 5.92 Å². The van der Waals surface area contributed by atoms with Gasteiger partial charge in [0.1, 0.15) is 12.1 Å². The summed E-state index contributed by atoms with van der Waals surface area (Å²) in [5, 5.41) is 2.47. The van der Waals surface area contributed by atoms with Gasteiger partial charge in [-0.1, -0.05) is 42.5 Å². The lowest BCUT2D eigenvalue weighted by Gasteiger charge is -2.32. The van der Waals surface area contributed by atoms with E-state index in [0.29, 0.717) is 25.9 Å². The van der Waals surface area contributed by atoms with E-state index < -0.39 is 11.7 Å². The first-order chi connectivity index (χ1) is 14.9. The molecule has 1 aliphatic rings. The van der Waals surface area contributed by atoms with Gasteiger partial charge in [-0.05, 0) is 25.0 Å². The monoisotopic (exact) mass is 426 g/mol. The summed E-state index contributed by atoms with van der Waals surface area (Å²) in [6.45, 7) is 1.18. The molecule has 1 saturated heterocycles. The van der Waals surface area contributed by atoms with Crippen LogP contribution in [0.25, 0.3) is 11.3 Å². The van der Waals surface area contributed by atoms with E-state index >= 15 is 0 Å². The summed E-state index contributed by atoms with van der Waals surface area (Å²) in [5.74, 6) is 0.0344. The van der Waals surface area contributed by atoms with E-state index in [9.17, 15) is 18.0 Å². The van der Waals surface area contributed by atoms with Gasteiger partial charge in [0.15, 0.2) is 0 Å². The number of carbonyl (C=O) groups excluding carboxylic acids is 1. The van der Waals surface area contributed by atoms with Crippen LogP contribution in [-0.4, -0.2) is 29.0 Å². The molecule has 0 radical (unpaired) electrons. The van der Waals surface area contributed by atoms with Gasteiger partial charge < -0.3 is 10.2 Å². The molecule has 1 fully saturated rings. The number of anilines is 2. The molecule has 1 aliphatic heterocycles. The van der Waals surface area contributed by atoms with Gasteiger partial charge in [-0.2, -0.15) is 13.2 Å². The molecule has 160 valence electrons. The number of benzene rings is 2. The van der Waals surface area contributed by atoms with Crippen molar-refractivity contribution in [1.29, 1.82) is 0 Å². The molecule has 0 aliphatic carbocycles. The lowest BCUT2D eigenvalue weighted by Crippen LogP contribution is -2.38. The molecule has 0 spiro atoms. The molecule has 8 heteroatoms. The average molecular weight is 426 g/mol. The maximum absolute atomic E-state index is 13.2. The third-order valence-electron chi connectivity index (χ3n) is 5.40. The molecule has 0 atom stereocenters. The molecule has 4 rings (SSSR count). The summed E-state index contributed by atoms with van der Waals surface area (Å²) >= 11 is 0. The van der Waals surface area contributed by atoms with Gasteiger partial charge in [-0.25, -0.2) is 9.97 Å². The molecule has 5 nitrogen and oxygen atoms in total. The number of halogens is 3. The van der Waals surface area contributed by atoms with E-state index in [-0.39, 0.29) is 17.5 Å². The summed E-state index contributed by atoms with van der Waals surface area (Å²) in [6, 6.07) is 16.7. The Balaban J connectivity index is 1.40. The van der Waals surface area contributed by atoms with Crippen LogP contribution in [0, 0.1) is 5.92 Å². The van der Waals surface area contributed by atoms with E-state index in [2.05, 4.69) is 20.2 Å². The summed E-state index contributed by atoms with van der Waals surface area (Å²) in [5.41, 5.74) is 0.763. The highest BCUT2D eigenvalue weighted by molar-refractivity contribution is 5.93. The predicted molar refractivity (Wildman–Crippen MR) is 112 cm³/mol. The lowest BCUT2D eigenvalue weighted by molar-refractivity contribution is -0.137. The zero-order chi connectivity index (χ0) is 21.8. The molecule has 31 heavy (non-hydrogen) atoms. The van der Waals surface area contributed by atoms with Crippen LogP contribution in [0.2, 0.25) is 0 Å². The van der Waals surface area contributed by atoms with Crippen molar-refractivity contribution >= 4 is 17.4 Å². The largest absolute Gasteiger partial charge is 0.418 e. The zero-order valence-corrected chi connectivity index (χ0v) is 16.6. The van der Waals surface area contributed by atoms with Gasteiger partial charge >= 0.3 is 6.18 Å². The molecule has 0 bridgehead atoms. The highest BCUT2D eigenvalue weighted by atomic mass is 19.4. The summed E-state index contributed by atoms with van der Waals surface area (Å²) in [7, 11) is 0. The van der Waals surface area contributed by atoms with E-state index in [1.54, 1.807) is 0 Å². The van der Waals surface area contributed by atoms with E-state index in [0.717, 1.165) is 23.1 Å². The third-order valence-corrected chi connectivity index (χ3v) is 5.40. The van der Waals surface area contributed by atoms with Gasteiger partial charge in [-0.15, -0.1) is 0 Å². The maximum atomic E-state index is 13.2. The minimum absolute atomic E-state index is 0.203. The molecule has 0 saturated carbocycles. The van der Waals surface area contributed by atoms with Crippen molar-refractivity contribution in [3.05, 3.63) is 72.6 Å². The fourth-order valence-corrected chi connectivity index (χ4v) is 3.73. The topological polar surface area (TPSA) is 58.1 Å². The molecular formula is C23H21F3N4O. The second-order valence-electron chi connectivity index (χ2n) is 7.42. The van der Waals surface area contributed by atoms with Crippen molar-refractivity contribution in [2.45, 2.75) is 19.0 Å². The van der Waals surface area contributed by atoms with Gasteiger partial charge in [0.2, 0.25) is 5.91 Å². The highest BCUT2D eigenvalue weighted by Crippen LogP contribution is 2.35. The SMILES string of the molecule is O=C(Nc1ccccc1C(F)(F)F)C1CCN(c2cc(-c3ccccc3)ncn2)CC1.